The molecule has 2 unspecified atom stereocenters. The summed E-state index contributed by atoms with van der Waals surface area (Å²) in [5.74, 6) is -1.60. The van der Waals surface area contributed by atoms with E-state index >= 15 is 0 Å². The Bertz CT molecular complexity index is 813. The number of ether oxygens (including phenoxy) is 3. The van der Waals surface area contributed by atoms with Crippen LogP contribution in [0.1, 0.15) is 200 Å². The SMILES string of the molecule is CCCCCCCCCC/C=C\CCCCCCCCCCCCCCCCCCCCCC(=O)OCC(O)COC(OCC[N+](C)(C)C)C(=O)O. The molecule has 0 saturated heterocycles. The first kappa shape index (κ1) is 50.5. The quantitative estimate of drug-likeness (QED) is 0.0211. The Morgan fingerprint density at radius 3 is 1.33 bits per heavy atom. The lowest BCUT2D eigenvalue weighted by Crippen LogP contribution is -2.40. The molecular formula is C44H86NO7+. The third-order valence-electron chi connectivity index (χ3n) is 9.75. The molecule has 8 heteroatoms. The first-order valence-electron chi connectivity index (χ1n) is 21.9. The van der Waals surface area contributed by atoms with Crippen molar-refractivity contribution >= 4 is 11.9 Å². The number of rotatable bonds is 41. The molecule has 0 aliphatic heterocycles. The van der Waals surface area contributed by atoms with Gasteiger partial charge in [-0.1, -0.05) is 173 Å². The number of aliphatic hydroxyl groups excluding tert-OH is 1. The number of hydrogen-bond donors (Lipinski definition) is 2. The monoisotopic (exact) mass is 741 g/mol. The lowest BCUT2D eigenvalue weighted by molar-refractivity contribution is -0.870. The molecule has 0 spiro atoms. The smallest absolute Gasteiger partial charge is 0.361 e. The number of carboxylic acids is 1. The second kappa shape index (κ2) is 37.8. The van der Waals surface area contributed by atoms with E-state index < -0.39 is 18.4 Å². The number of carbonyl (C=O) groups is 2. The summed E-state index contributed by atoms with van der Waals surface area (Å²) in [4.78, 5) is 23.3. The Morgan fingerprint density at radius 2 is 0.942 bits per heavy atom. The molecule has 0 fully saturated rings. The maximum Gasteiger partial charge on any atom is 0.361 e. The third-order valence-corrected chi connectivity index (χ3v) is 9.75. The Balaban J connectivity index is 3.38. The maximum atomic E-state index is 12.0. The second-order valence-corrected chi connectivity index (χ2v) is 16.2. The Labute approximate surface area is 321 Å². The van der Waals surface area contributed by atoms with Gasteiger partial charge in [-0.05, 0) is 32.1 Å². The van der Waals surface area contributed by atoms with Crippen LogP contribution in [0.25, 0.3) is 0 Å². The average Bonchev–Trinajstić information content (AvgIpc) is 3.10. The highest BCUT2D eigenvalue weighted by Crippen LogP contribution is 2.16. The summed E-state index contributed by atoms with van der Waals surface area (Å²) < 4.78 is 16.2. The minimum Gasteiger partial charge on any atom is -0.477 e. The molecule has 0 aromatic heterocycles. The van der Waals surface area contributed by atoms with Crippen molar-refractivity contribution in [2.45, 2.75) is 212 Å². The zero-order valence-electron chi connectivity index (χ0n) is 34.7. The van der Waals surface area contributed by atoms with E-state index in [-0.39, 0.29) is 25.8 Å². The molecule has 0 radical (unpaired) electrons. The first-order valence-corrected chi connectivity index (χ1v) is 21.9. The summed E-state index contributed by atoms with van der Waals surface area (Å²) in [5.41, 5.74) is 0. The van der Waals surface area contributed by atoms with Gasteiger partial charge < -0.3 is 28.9 Å². The largest absolute Gasteiger partial charge is 0.477 e. The van der Waals surface area contributed by atoms with Crippen molar-refractivity contribution in [2.75, 3.05) is 47.5 Å². The van der Waals surface area contributed by atoms with Crippen LogP contribution in [0, 0.1) is 0 Å². The summed E-state index contributed by atoms with van der Waals surface area (Å²) in [7, 11) is 5.93. The number of carbonyl (C=O) groups excluding carboxylic acids is 1. The van der Waals surface area contributed by atoms with Crippen molar-refractivity contribution in [1.82, 2.24) is 0 Å². The summed E-state index contributed by atoms with van der Waals surface area (Å²) in [6.45, 7) is 2.61. The van der Waals surface area contributed by atoms with Crippen molar-refractivity contribution < 1.29 is 38.5 Å². The number of carboxylic acid groups (broad SMARTS) is 1. The van der Waals surface area contributed by atoms with Gasteiger partial charge in [0.05, 0.1) is 34.4 Å². The van der Waals surface area contributed by atoms with Gasteiger partial charge in [0.2, 0.25) is 0 Å². The molecule has 0 heterocycles. The first-order chi connectivity index (χ1) is 25.2. The fourth-order valence-corrected chi connectivity index (χ4v) is 6.30. The molecule has 0 aromatic carbocycles. The van der Waals surface area contributed by atoms with Crippen LogP contribution >= 0.6 is 0 Å². The van der Waals surface area contributed by atoms with E-state index in [2.05, 4.69) is 19.1 Å². The van der Waals surface area contributed by atoms with E-state index in [1.54, 1.807) is 0 Å². The molecule has 308 valence electrons. The van der Waals surface area contributed by atoms with Gasteiger partial charge in [-0.2, -0.15) is 0 Å². The molecule has 0 saturated carbocycles. The number of aliphatic carboxylic acids is 1. The molecule has 2 N–H and O–H groups in total. The van der Waals surface area contributed by atoms with Gasteiger partial charge in [-0.15, -0.1) is 0 Å². The second-order valence-electron chi connectivity index (χ2n) is 16.2. The Morgan fingerprint density at radius 1 is 0.558 bits per heavy atom. The standard InChI is InChI=1S/C44H85NO7/c1-5-6-7-8-9-10-11-12-13-14-15-16-17-18-19-20-21-22-23-24-25-26-27-28-29-30-31-32-33-34-35-36-42(47)51-39-41(46)40-52-44(43(48)49)50-38-37-45(2,3)4/h14-15,41,44,46H,5-13,16-40H2,1-4H3/p+1/b15-14-. The van der Waals surface area contributed by atoms with E-state index in [0.717, 1.165) is 19.3 Å². The van der Waals surface area contributed by atoms with Crippen LogP contribution in [0.5, 0.6) is 0 Å². The Hall–Kier alpha value is -1.48. The third kappa shape index (κ3) is 39.7. The highest BCUT2D eigenvalue weighted by Gasteiger charge is 2.22. The fourth-order valence-electron chi connectivity index (χ4n) is 6.30. The number of likely N-dealkylation sites (N-methyl/N-ethyl adjacent to an activating group) is 1. The van der Waals surface area contributed by atoms with Crippen LogP contribution in [0.15, 0.2) is 12.2 Å². The number of esters is 1. The Kier molecular flexibility index (Phi) is 36.7. The topological polar surface area (TPSA) is 102 Å². The normalized spacial score (nSPS) is 13.2. The minimum absolute atomic E-state index is 0.213. The van der Waals surface area contributed by atoms with Gasteiger partial charge in [-0.3, -0.25) is 4.79 Å². The van der Waals surface area contributed by atoms with Gasteiger partial charge in [0.25, 0.3) is 6.29 Å². The number of aliphatic hydroxyl groups is 1. The van der Waals surface area contributed by atoms with E-state index in [4.69, 9.17) is 14.2 Å². The fraction of sp³-hybridized carbons (Fsp3) is 0.909. The van der Waals surface area contributed by atoms with E-state index in [9.17, 15) is 19.8 Å². The molecule has 0 aliphatic carbocycles. The van der Waals surface area contributed by atoms with Crippen LogP contribution < -0.4 is 0 Å². The van der Waals surface area contributed by atoms with Crippen molar-refractivity contribution in [3.8, 4) is 0 Å². The number of unbranched alkanes of at least 4 members (excludes halogenated alkanes) is 27. The summed E-state index contributed by atoms with van der Waals surface area (Å²) >= 11 is 0. The molecule has 8 nitrogen and oxygen atoms in total. The summed E-state index contributed by atoms with van der Waals surface area (Å²) in [6.07, 6.45) is 41.3. The molecule has 0 amide bonds. The molecule has 2 atom stereocenters. The van der Waals surface area contributed by atoms with Crippen LogP contribution in [0.3, 0.4) is 0 Å². The number of nitrogens with zero attached hydrogens (tertiary/aromatic N) is 1. The van der Waals surface area contributed by atoms with Crippen LogP contribution in [0.2, 0.25) is 0 Å². The number of hydrogen-bond acceptors (Lipinski definition) is 6. The van der Waals surface area contributed by atoms with Crippen LogP contribution in [0.4, 0.5) is 0 Å². The maximum absolute atomic E-state index is 12.0. The number of allylic oxidation sites excluding steroid dienone is 2. The van der Waals surface area contributed by atoms with Crippen LogP contribution in [-0.4, -0.2) is 86.5 Å². The predicted octanol–water partition coefficient (Wildman–Crippen LogP) is 11.3. The van der Waals surface area contributed by atoms with Gasteiger partial charge in [-0.25, -0.2) is 4.79 Å². The highest BCUT2D eigenvalue weighted by atomic mass is 16.7. The van der Waals surface area contributed by atoms with Gasteiger partial charge >= 0.3 is 11.9 Å². The summed E-state index contributed by atoms with van der Waals surface area (Å²) in [6, 6.07) is 0. The van der Waals surface area contributed by atoms with Crippen molar-refractivity contribution in [2.24, 2.45) is 0 Å². The highest BCUT2D eigenvalue weighted by molar-refractivity contribution is 5.70. The average molecular weight is 741 g/mol. The van der Waals surface area contributed by atoms with E-state index in [1.807, 2.05) is 21.1 Å². The number of quaternary nitrogens is 1. The molecule has 0 aliphatic rings. The van der Waals surface area contributed by atoms with Gasteiger partial charge in [0.15, 0.2) is 0 Å². The zero-order valence-corrected chi connectivity index (χ0v) is 34.7. The van der Waals surface area contributed by atoms with Crippen molar-refractivity contribution in [3.63, 3.8) is 0 Å². The molecule has 0 bridgehead atoms. The predicted molar refractivity (Wildman–Crippen MR) is 217 cm³/mol. The lowest BCUT2D eigenvalue weighted by atomic mass is 10.0. The summed E-state index contributed by atoms with van der Waals surface area (Å²) in [5, 5.41) is 19.3. The van der Waals surface area contributed by atoms with Crippen molar-refractivity contribution in [3.05, 3.63) is 12.2 Å². The zero-order chi connectivity index (χ0) is 38.4. The molecule has 0 aromatic rings. The molecule has 52 heavy (non-hydrogen) atoms. The van der Waals surface area contributed by atoms with E-state index in [0.29, 0.717) is 17.4 Å². The molecule has 0 rings (SSSR count). The van der Waals surface area contributed by atoms with Gasteiger partial charge in [0.1, 0.15) is 19.3 Å². The minimum atomic E-state index is -1.46. The van der Waals surface area contributed by atoms with Gasteiger partial charge in [0, 0.05) is 6.42 Å². The van der Waals surface area contributed by atoms with E-state index in [1.165, 1.54) is 167 Å². The van der Waals surface area contributed by atoms with Crippen LogP contribution in [-0.2, 0) is 23.8 Å². The molecular weight excluding hydrogens is 654 g/mol. The van der Waals surface area contributed by atoms with Crippen molar-refractivity contribution in [1.29, 1.82) is 0 Å². The lowest BCUT2D eigenvalue weighted by Gasteiger charge is -2.24.